The van der Waals surface area contributed by atoms with Crippen molar-refractivity contribution in [1.82, 2.24) is 14.7 Å². The second-order valence-electron chi connectivity index (χ2n) is 5.80. The van der Waals surface area contributed by atoms with Gasteiger partial charge in [-0.3, -0.25) is 14.4 Å². The molecule has 18 heavy (non-hydrogen) atoms. The first-order valence-corrected chi connectivity index (χ1v) is 6.55. The molecule has 1 spiro atoms. The number of rotatable bonds is 3. The molecule has 2 heterocycles. The highest BCUT2D eigenvalue weighted by molar-refractivity contribution is 5.75. The lowest BCUT2D eigenvalue weighted by Crippen LogP contribution is -2.57. The van der Waals surface area contributed by atoms with Crippen molar-refractivity contribution in [2.24, 2.45) is 12.5 Å². The summed E-state index contributed by atoms with van der Waals surface area (Å²) < 4.78 is 1.66. The van der Waals surface area contributed by atoms with Crippen LogP contribution in [0.5, 0.6) is 0 Å². The van der Waals surface area contributed by atoms with Crippen LogP contribution in [-0.4, -0.2) is 38.8 Å². The summed E-state index contributed by atoms with van der Waals surface area (Å²) in [5.41, 5.74) is 1.22. The van der Waals surface area contributed by atoms with Crippen LogP contribution in [0.25, 0.3) is 0 Å². The quantitative estimate of drug-likeness (QED) is 0.880. The molecule has 98 valence electrons. The molecule has 2 fully saturated rings. The molecule has 1 saturated heterocycles. The van der Waals surface area contributed by atoms with Gasteiger partial charge in [0, 0.05) is 31.9 Å². The smallest absolute Gasteiger partial charge is 0.325 e. The Morgan fingerprint density at radius 2 is 2.11 bits per heavy atom. The maximum atomic E-state index is 11.5. The minimum absolute atomic E-state index is 0.426. The standard InChI is InChI=1S/C13H19N3O2/c1-15-7-10(6-14-15)11(12(17)18)16-8-13(9-16)4-2-3-5-13/h6-7,11H,2-5,8-9H2,1H3,(H,17,18). The second kappa shape index (κ2) is 4.09. The minimum Gasteiger partial charge on any atom is -0.480 e. The fraction of sp³-hybridized carbons (Fsp3) is 0.692. The SMILES string of the molecule is Cn1cc(C(C(=O)O)N2CC3(CCCC3)C2)cn1. The van der Waals surface area contributed by atoms with Crippen LogP contribution in [0.4, 0.5) is 0 Å². The van der Waals surface area contributed by atoms with Crippen LogP contribution in [0.3, 0.4) is 0 Å². The molecule has 1 N–H and O–H groups in total. The number of carboxylic acid groups (broad SMARTS) is 1. The number of hydrogen-bond acceptors (Lipinski definition) is 3. The zero-order valence-electron chi connectivity index (χ0n) is 10.7. The lowest BCUT2D eigenvalue weighted by Gasteiger charge is -2.50. The van der Waals surface area contributed by atoms with E-state index in [9.17, 15) is 9.90 Å². The highest BCUT2D eigenvalue weighted by Crippen LogP contribution is 2.48. The Bertz CT molecular complexity index is 455. The van der Waals surface area contributed by atoms with E-state index in [1.165, 1.54) is 25.7 Å². The minimum atomic E-state index is -0.768. The average molecular weight is 249 g/mol. The molecule has 0 bridgehead atoms. The zero-order chi connectivity index (χ0) is 12.8. The maximum absolute atomic E-state index is 11.5. The third-order valence-electron chi connectivity index (χ3n) is 4.38. The molecule has 1 aromatic heterocycles. The van der Waals surface area contributed by atoms with Crippen LogP contribution in [0.1, 0.15) is 37.3 Å². The monoisotopic (exact) mass is 249 g/mol. The largest absolute Gasteiger partial charge is 0.480 e. The molecule has 1 saturated carbocycles. The topological polar surface area (TPSA) is 58.4 Å². The highest BCUT2D eigenvalue weighted by atomic mass is 16.4. The molecule has 1 aromatic rings. The highest BCUT2D eigenvalue weighted by Gasteiger charge is 2.48. The van der Waals surface area contributed by atoms with Crippen molar-refractivity contribution in [3.05, 3.63) is 18.0 Å². The average Bonchev–Trinajstić information content (AvgIpc) is 2.86. The number of aromatic nitrogens is 2. The molecule has 0 amide bonds. The third-order valence-corrected chi connectivity index (χ3v) is 4.38. The number of hydrogen-bond donors (Lipinski definition) is 1. The molecule has 2 aliphatic rings. The lowest BCUT2D eigenvalue weighted by atomic mass is 9.77. The molecule has 5 nitrogen and oxygen atoms in total. The van der Waals surface area contributed by atoms with Crippen LogP contribution in [0, 0.1) is 5.41 Å². The first-order chi connectivity index (χ1) is 8.60. The molecular formula is C13H19N3O2. The van der Waals surface area contributed by atoms with Gasteiger partial charge < -0.3 is 5.11 Å². The fourth-order valence-corrected chi connectivity index (χ4v) is 3.53. The van der Waals surface area contributed by atoms with Gasteiger partial charge in [-0.1, -0.05) is 12.8 Å². The van der Waals surface area contributed by atoms with Crippen molar-refractivity contribution in [1.29, 1.82) is 0 Å². The molecule has 1 aliphatic heterocycles. The van der Waals surface area contributed by atoms with Crippen molar-refractivity contribution < 1.29 is 9.90 Å². The van der Waals surface area contributed by atoms with E-state index >= 15 is 0 Å². The molecule has 1 atom stereocenters. The molecule has 1 unspecified atom stereocenters. The van der Waals surface area contributed by atoms with Gasteiger partial charge in [0.15, 0.2) is 0 Å². The van der Waals surface area contributed by atoms with Crippen LogP contribution in [0.15, 0.2) is 12.4 Å². The zero-order valence-corrected chi connectivity index (χ0v) is 10.7. The first-order valence-electron chi connectivity index (χ1n) is 6.55. The Morgan fingerprint density at radius 1 is 1.44 bits per heavy atom. The summed E-state index contributed by atoms with van der Waals surface area (Å²) in [5, 5.41) is 13.5. The van der Waals surface area contributed by atoms with Gasteiger partial charge >= 0.3 is 5.97 Å². The van der Waals surface area contributed by atoms with Crippen LogP contribution in [-0.2, 0) is 11.8 Å². The van der Waals surface area contributed by atoms with Crippen molar-refractivity contribution in [2.75, 3.05) is 13.1 Å². The Labute approximate surface area is 106 Å². The van der Waals surface area contributed by atoms with Crippen LogP contribution in [0.2, 0.25) is 0 Å². The summed E-state index contributed by atoms with van der Waals surface area (Å²) in [6.45, 7) is 1.86. The Kier molecular flexibility index (Phi) is 2.66. The summed E-state index contributed by atoms with van der Waals surface area (Å²) in [6, 6.07) is -0.523. The second-order valence-corrected chi connectivity index (χ2v) is 5.80. The van der Waals surface area contributed by atoms with Gasteiger partial charge in [-0.25, -0.2) is 0 Å². The predicted octanol–water partition coefficient (Wildman–Crippen LogP) is 1.42. The number of aliphatic carboxylic acids is 1. The molecule has 0 radical (unpaired) electrons. The van der Waals surface area contributed by atoms with E-state index in [2.05, 4.69) is 10.00 Å². The van der Waals surface area contributed by atoms with E-state index in [0.717, 1.165) is 18.7 Å². The third kappa shape index (κ3) is 1.82. The summed E-state index contributed by atoms with van der Waals surface area (Å²) in [4.78, 5) is 13.5. The molecular weight excluding hydrogens is 230 g/mol. The lowest BCUT2D eigenvalue weighted by molar-refractivity contribution is -0.149. The Morgan fingerprint density at radius 3 is 2.61 bits per heavy atom. The first kappa shape index (κ1) is 11.7. The number of nitrogens with zero attached hydrogens (tertiary/aromatic N) is 3. The van der Waals surface area contributed by atoms with Gasteiger partial charge in [0.2, 0.25) is 0 Å². The van der Waals surface area contributed by atoms with E-state index in [1.54, 1.807) is 17.1 Å². The maximum Gasteiger partial charge on any atom is 0.325 e. The van der Waals surface area contributed by atoms with E-state index in [0.29, 0.717) is 5.41 Å². The van der Waals surface area contributed by atoms with Crippen LogP contribution < -0.4 is 0 Å². The molecule has 3 rings (SSSR count). The van der Waals surface area contributed by atoms with Gasteiger partial charge in [-0.2, -0.15) is 5.10 Å². The molecule has 1 aliphatic carbocycles. The van der Waals surface area contributed by atoms with Crippen molar-refractivity contribution in [2.45, 2.75) is 31.7 Å². The van der Waals surface area contributed by atoms with Crippen LogP contribution >= 0.6 is 0 Å². The number of aryl methyl sites for hydroxylation is 1. The van der Waals surface area contributed by atoms with Gasteiger partial charge in [-0.05, 0) is 18.3 Å². The van der Waals surface area contributed by atoms with Gasteiger partial charge in [0.25, 0.3) is 0 Å². The van der Waals surface area contributed by atoms with Gasteiger partial charge in [0.05, 0.1) is 6.20 Å². The summed E-state index contributed by atoms with van der Waals surface area (Å²) in [7, 11) is 1.82. The molecule has 0 aromatic carbocycles. The summed E-state index contributed by atoms with van der Waals surface area (Å²) >= 11 is 0. The van der Waals surface area contributed by atoms with Crippen molar-refractivity contribution in [3.63, 3.8) is 0 Å². The van der Waals surface area contributed by atoms with Crippen molar-refractivity contribution >= 4 is 5.97 Å². The fourth-order valence-electron chi connectivity index (χ4n) is 3.53. The predicted molar refractivity (Wildman–Crippen MR) is 66.1 cm³/mol. The van der Waals surface area contributed by atoms with E-state index in [-0.39, 0.29) is 0 Å². The Hall–Kier alpha value is -1.36. The molecule has 5 heteroatoms. The van der Waals surface area contributed by atoms with Gasteiger partial charge in [0.1, 0.15) is 6.04 Å². The summed E-state index contributed by atoms with van der Waals surface area (Å²) in [5.74, 6) is -0.768. The summed E-state index contributed by atoms with van der Waals surface area (Å²) in [6.07, 6.45) is 8.61. The van der Waals surface area contributed by atoms with Crippen molar-refractivity contribution in [3.8, 4) is 0 Å². The number of carbonyl (C=O) groups is 1. The van der Waals surface area contributed by atoms with E-state index < -0.39 is 12.0 Å². The van der Waals surface area contributed by atoms with Gasteiger partial charge in [-0.15, -0.1) is 0 Å². The van der Waals surface area contributed by atoms with E-state index in [1.807, 2.05) is 7.05 Å². The number of carboxylic acids is 1. The number of likely N-dealkylation sites (tertiary alicyclic amines) is 1. The Balaban J connectivity index is 1.74. The van der Waals surface area contributed by atoms with E-state index in [4.69, 9.17) is 0 Å². The normalized spacial score (nSPS) is 24.1.